The van der Waals surface area contributed by atoms with Crippen molar-refractivity contribution in [2.75, 3.05) is 6.54 Å². The Hall–Kier alpha value is -4.88. The molecule has 13 heteroatoms. The number of carbonyl (C=O) groups is 6. The van der Waals surface area contributed by atoms with Crippen LogP contribution in [0, 0.1) is 17.8 Å². The fraction of sp³-hybridized carbons (Fsp3) is 0.535. The van der Waals surface area contributed by atoms with Crippen molar-refractivity contribution in [3.8, 4) is 0 Å². The first-order valence-electron chi connectivity index (χ1n) is 19.4. The lowest BCUT2D eigenvalue weighted by molar-refractivity contribution is -0.156. The molecule has 2 rings (SSSR count). The van der Waals surface area contributed by atoms with Gasteiger partial charge in [0.1, 0.15) is 35.8 Å². The summed E-state index contributed by atoms with van der Waals surface area (Å²) in [6.07, 6.45) is 16.0. The zero-order valence-corrected chi connectivity index (χ0v) is 34.0. The molecule has 2 heterocycles. The largest absolute Gasteiger partial charge is 0.508 e. The molecule has 0 aromatic carbocycles. The van der Waals surface area contributed by atoms with Crippen molar-refractivity contribution in [2.45, 2.75) is 124 Å². The second-order valence-electron chi connectivity index (χ2n) is 14.9. The molecule has 1 fully saturated rings. The first kappa shape index (κ1) is 47.3. The number of rotatable bonds is 11. The minimum absolute atomic E-state index is 0.0548. The van der Waals surface area contributed by atoms with Crippen LogP contribution in [-0.2, 0) is 33.5 Å². The van der Waals surface area contributed by atoms with E-state index in [9.17, 15) is 39.0 Å². The minimum atomic E-state index is -1.23. The predicted molar refractivity (Wildman–Crippen MR) is 215 cm³/mol. The Kier molecular flexibility index (Phi) is 20.2. The van der Waals surface area contributed by atoms with Crippen LogP contribution in [0.4, 0.5) is 0 Å². The monoisotopic (exact) mass is 778 g/mol. The van der Waals surface area contributed by atoms with Gasteiger partial charge >= 0.3 is 5.97 Å². The fourth-order valence-corrected chi connectivity index (χ4v) is 6.27. The molecule has 56 heavy (non-hydrogen) atoms. The molecule has 1 saturated heterocycles. The number of nitrogens with one attached hydrogen (secondary N) is 3. The number of allylic oxidation sites excluding steroid dienone is 9. The maximum Gasteiger partial charge on any atom is 0.325 e. The number of hydrogen-bond acceptors (Lipinski definition) is 10. The lowest BCUT2D eigenvalue weighted by atomic mass is 9.85. The quantitative estimate of drug-likeness (QED) is 0.0829. The Morgan fingerprint density at radius 3 is 2.34 bits per heavy atom. The number of esters is 1. The van der Waals surface area contributed by atoms with Crippen molar-refractivity contribution in [2.24, 2.45) is 17.8 Å². The highest BCUT2D eigenvalue weighted by molar-refractivity contribution is 5.93. The van der Waals surface area contributed by atoms with Crippen molar-refractivity contribution in [3.05, 3.63) is 84.2 Å². The summed E-state index contributed by atoms with van der Waals surface area (Å²) in [6, 6.07) is -3.24. The van der Waals surface area contributed by atoms with Gasteiger partial charge in [-0.3, -0.25) is 29.0 Å². The van der Waals surface area contributed by atoms with Crippen molar-refractivity contribution in [3.63, 3.8) is 0 Å². The first-order chi connectivity index (χ1) is 26.5. The Labute approximate surface area is 331 Å². The van der Waals surface area contributed by atoms with Crippen LogP contribution >= 0.6 is 0 Å². The van der Waals surface area contributed by atoms with Gasteiger partial charge in [0, 0.05) is 25.8 Å². The van der Waals surface area contributed by atoms with Crippen LogP contribution in [-0.4, -0.2) is 87.4 Å². The number of cyclic esters (lactones) is 1. The number of nitrogens with zero attached hydrogens (tertiary/aromatic N) is 1. The van der Waals surface area contributed by atoms with E-state index < -0.39 is 71.8 Å². The van der Waals surface area contributed by atoms with Gasteiger partial charge in [-0.25, -0.2) is 5.43 Å². The third-order valence-electron chi connectivity index (χ3n) is 9.77. The number of ether oxygens (including phenoxy) is 1. The van der Waals surface area contributed by atoms with Crippen LogP contribution in [0.2, 0.25) is 0 Å². The number of aliphatic hydroxyl groups is 2. The van der Waals surface area contributed by atoms with E-state index in [2.05, 4.69) is 22.6 Å². The van der Waals surface area contributed by atoms with E-state index in [0.717, 1.165) is 0 Å². The zero-order chi connectivity index (χ0) is 41.9. The molecule has 0 aliphatic carbocycles. The van der Waals surface area contributed by atoms with Crippen molar-refractivity contribution >= 4 is 35.3 Å². The Morgan fingerprint density at radius 2 is 1.73 bits per heavy atom. The molecule has 5 N–H and O–H groups in total. The second kappa shape index (κ2) is 23.9. The van der Waals surface area contributed by atoms with Crippen LogP contribution in [0.1, 0.15) is 93.4 Å². The molecule has 3 amide bonds. The summed E-state index contributed by atoms with van der Waals surface area (Å²) in [7, 11) is 0. The molecule has 0 spiro atoms. The molecule has 0 aromatic rings. The van der Waals surface area contributed by atoms with E-state index in [1.54, 1.807) is 58.9 Å². The summed E-state index contributed by atoms with van der Waals surface area (Å²) in [5.74, 6) is -4.62. The maximum atomic E-state index is 14.3. The number of carbonyl (C=O) groups excluding carboxylic acids is 6. The predicted octanol–water partition coefficient (Wildman–Crippen LogP) is 4.96. The van der Waals surface area contributed by atoms with E-state index in [4.69, 9.17) is 4.74 Å². The zero-order valence-electron chi connectivity index (χ0n) is 34.0. The number of amides is 3. The van der Waals surface area contributed by atoms with Crippen LogP contribution in [0.25, 0.3) is 0 Å². The number of hydrogen-bond donors (Lipinski definition) is 5. The molecule has 7 atom stereocenters. The van der Waals surface area contributed by atoms with Gasteiger partial charge < -0.3 is 30.4 Å². The third-order valence-corrected chi connectivity index (χ3v) is 9.77. The first-order valence-corrected chi connectivity index (χ1v) is 19.4. The summed E-state index contributed by atoms with van der Waals surface area (Å²) in [4.78, 5) is 79.3. The number of aliphatic hydroxyl groups excluding tert-OH is 2. The highest BCUT2D eigenvalue weighted by Gasteiger charge is 2.38. The number of fused-ring (bicyclic) bond motifs is 2. The molecular weight excluding hydrogens is 716 g/mol. The van der Waals surface area contributed by atoms with Crippen LogP contribution < -0.4 is 16.1 Å². The second-order valence-corrected chi connectivity index (χ2v) is 14.9. The fourth-order valence-electron chi connectivity index (χ4n) is 6.27. The highest BCUT2D eigenvalue weighted by atomic mass is 16.5. The lowest BCUT2D eigenvalue weighted by Gasteiger charge is -2.36. The van der Waals surface area contributed by atoms with Crippen LogP contribution in [0.15, 0.2) is 84.2 Å². The molecule has 0 aromatic heterocycles. The molecule has 2 aliphatic heterocycles. The van der Waals surface area contributed by atoms with Crippen molar-refractivity contribution in [1.29, 1.82) is 0 Å². The lowest BCUT2D eigenvalue weighted by Crippen LogP contribution is -2.62. The van der Waals surface area contributed by atoms with Crippen LogP contribution in [0.3, 0.4) is 0 Å². The summed E-state index contributed by atoms with van der Waals surface area (Å²) >= 11 is 0. The Bertz CT molecular complexity index is 1610. The molecular formula is C43H62N4O9. The van der Waals surface area contributed by atoms with Gasteiger partial charge in [0.25, 0.3) is 5.91 Å². The third kappa shape index (κ3) is 15.7. The molecule has 308 valence electrons. The summed E-state index contributed by atoms with van der Waals surface area (Å²) in [5, 5.41) is 28.5. The van der Waals surface area contributed by atoms with E-state index in [1.807, 2.05) is 12.2 Å². The SMILES string of the molecule is C=C/C(=C\C(O)=C/C)CC1NC(=O)C(C(C)C)NC(=O)C(CCC(C)=O)C(O)C(C)C/C=C/C=C/C[C@@H](/C(C)=C/C=C/C(C)=O)OC(=O)C2CCCN(N2)C1=O. The van der Waals surface area contributed by atoms with Gasteiger partial charge in [-0.05, 0) is 94.6 Å². The standard InChI is InChI=1S/C43H62N4O9/c1-9-32(25-33(50)10-2)26-36-42(54)47-24-16-20-35(46-47)43(55)56-37(28(5)18-15-19-30(7)48)21-14-12-11-13-17-29(6)39(51)34(23-22-31(8)49)40(52)45-38(27(3)4)41(53)44-36/h9-15,18-19,25,27,29,34-39,46,50-51H,1,16-17,20-24,26H2,2-8H3,(H,44,53)(H,45,52)/b13-11+,14-12+,19-15+,28-18+,32-25+,33-10+/t29?,34?,35?,36?,37-,38?,39?/m0/s1. The summed E-state index contributed by atoms with van der Waals surface area (Å²) in [5.41, 5.74) is 4.12. The van der Waals surface area contributed by atoms with E-state index in [1.165, 1.54) is 43.2 Å². The maximum absolute atomic E-state index is 14.3. The normalized spacial score (nSPS) is 28.4. The van der Waals surface area contributed by atoms with Crippen LogP contribution in [0.5, 0.6) is 0 Å². The molecule has 2 aliphatic rings. The molecule has 13 nitrogen and oxygen atoms in total. The van der Waals surface area contributed by atoms with Crippen molar-refractivity contribution < 1.29 is 43.7 Å². The van der Waals surface area contributed by atoms with Gasteiger partial charge in [-0.2, -0.15) is 0 Å². The molecule has 2 bridgehead atoms. The molecule has 6 unspecified atom stereocenters. The van der Waals surface area contributed by atoms with Gasteiger partial charge in [-0.1, -0.05) is 69.9 Å². The molecule has 0 radical (unpaired) electrons. The van der Waals surface area contributed by atoms with Crippen molar-refractivity contribution in [1.82, 2.24) is 21.1 Å². The van der Waals surface area contributed by atoms with E-state index >= 15 is 0 Å². The average Bonchev–Trinajstić information content (AvgIpc) is 3.15. The van der Waals surface area contributed by atoms with E-state index in [-0.39, 0.29) is 43.1 Å². The van der Waals surface area contributed by atoms with Gasteiger partial charge in [0.2, 0.25) is 11.8 Å². The summed E-state index contributed by atoms with van der Waals surface area (Å²) < 4.78 is 5.99. The Morgan fingerprint density at radius 1 is 1.05 bits per heavy atom. The molecule has 0 saturated carbocycles. The van der Waals surface area contributed by atoms with Gasteiger partial charge in [0.05, 0.1) is 12.0 Å². The van der Waals surface area contributed by atoms with Gasteiger partial charge in [-0.15, -0.1) is 0 Å². The summed E-state index contributed by atoms with van der Waals surface area (Å²) in [6.45, 7) is 15.6. The topological polar surface area (TPSA) is 191 Å². The number of Topliss-reactive ketones (excluding diaryl/α,β-unsaturated/α-hetero) is 1. The van der Waals surface area contributed by atoms with Gasteiger partial charge in [0.15, 0.2) is 5.78 Å². The van der Waals surface area contributed by atoms with E-state index in [0.29, 0.717) is 36.8 Å². The Balaban J connectivity index is 2.66. The highest BCUT2D eigenvalue weighted by Crippen LogP contribution is 2.24. The average molecular weight is 779 g/mol. The number of ketones is 2. The minimum Gasteiger partial charge on any atom is -0.508 e. The number of hydrazine groups is 1. The smallest absolute Gasteiger partial charge is 0.325 e.